The molecule has 0 radical (unpaired) electrons. The van der Waals surface area contributed by atoms with Crippen molar-refractivity contribution in [2.24, 2.45) is 0 Å². The van der Waals surface area contributed by atoms with E-state index in [-0.39, 0.29) is 0 Å². The summed E-state index contributed by atoms with van der Waals surface area (Å²) in [6, 6.07) is 3.72. The largest absolute Gasteiger partial charge is 0.495 e. The van der Waals surface area contributed by atoms with Crippen molar-refractivity contribution in [3.05, 3.63) is 47.0 Å². The summed E-state index contributed by atoms with van der Waals surface area (Å²) >= 11 is 12.4. The average Bonchev–Trinajstić information content (AvgIpc) is 2.28. The highest BCUT2D eigenvalue weighted by molar-refractivity contribution is 6.49. The summed E-state index contributed by atoms with van der Waals surface area (Å²) < 4.78 is 5.17. The van der Waals surface area contributed by atoms with Gasteiger partial charge in [-0.2, -0.15) is 0 Å². The Kier molecular flexibility index (Phi) is 4.91. The minimum atomic E-state index is 0.623. The predicted molar refractivity (Wildman–Crippen MR) is 71.4 cm³/mol. The molecule has 0 N–H and O–H groups in total. The molecule has 0 aliphatic rings. The molecule has 0 saturated heterocycles. The van der Waals surface area contributed by atoms with Gasteiger partial charge < -0.3 is 4.74 Å². The van der Waals surface area contributed by atoms with Gasteiger partial charge in [0, 0.05) is 5.03 Å². The number of benzene rings is 1. The zero-order valence-corrected chi connectivity index (χ0v) is 10.9. The summed E-state index contributed by atoms with van der Waals surface area (Å²) in [5.74, 6) is 0.672. The molecule has 16 heavy (non-hydrogen) atoms. The molecule has 0 heterocycles. The summed E-state index contributed by atoms with van der Waals surface area (Å²) in [6.45, 7) is 5.65. The zero-order chi connectivity index (χ0) is 12.1. The lowest BCUT2D eigenvalue weighted by Gasteiger charge is -2.12. The van der Waals surface area contributed by atoms with E-state index >= 15 is 0 Å². The van der Waals surface area contributed by atoms with E-state index in [1.807, 2.05) is 19.1 Å². The third-order valence-corrected chi connectivity index (χ3v) is 3.05. The fourth-order valence-electron chi connectivity index (χ4n) is 1.52. The Morgan fingerprint density at radius 3 is 2.69 bits per heavy atom. The Hall–Kier alpha value is -0.920. The number of hydrogen-bond acceptors (Lipinski definition) is 1. The molecule has 0 unspecified atom stereocenters. The van der Waals surface area contributed by atoms with Crippen molar-refractivity contribution >= 4 is 28.2 Å². The molecule has 86 valence electrons. The molecule has 0 spiro atoms. The summed E-state index contributed by atoms with van der Waals surface area (Å²) in [7, 11) is 1.60. The van der Waals surface area contributed by atoms with Crippen LogP contribution in [0.25, 0.3) is 5.03 Å². The maximum Gasteiger partial charge on any atom is 0.137 e. The molecule has 1 aromatic carbocycles. The fourth-order valence-corrected chi connectivity index (χ4v) is 2.16. The average molecular weight is 257 g/mol. The van der Waals surface area contributed by atoms with Crippen LogP contribution in [0.5, 0.6) is 5.75 Å². The lowest BCUT2D eigenvalue weighted by Crippen LogP contribution is -1.94. The van der Waals surface area contributed by atoms with E-state index in [0.717, 1.165) is 17.5 Å². The first-order valence-electron chi connectivity index (χ1n) is 4.99. The zero-order valence-electron chi connectivity index (χ0n) is 9.39. The summed E-state index contributed by atoms with van der Waals surface area (Å²) in [5.41, 5.74) is 1.92. The third-order valence-electron chi connectivity index (χ3n) is 2.30. The molecule has 0 aliphatic carbocycles. The fraction of sp³-hybridized carbons (Fsp3) is 0.231. The van der Waals surface area contributed by atoms with Crippen molar-refractivity contribution in [2.75, 3.05) is 7.11 Å². The van der Waals surface area contributed by atoms with Crippen molar-refractivity contribution < 1.29 is 4.74 Å². The molecule has 0 aliphatic heterocycles. The van der Waals surface area contributed by atoms with Crippen LogP contribution >= 0.6 is 23.2 Å². The van der Waals surface area contributed by atoms with Crippen molar-refractivity contribution in [1.29, 1.82) is 0 Å². The van der Waals surface area contributed by atoms with Gasteiger partial charge in [-0.1, -0.05) is 42.8 Å². The first kappa shape index (κ1) is 13.1. The van der Waals surface area contributed by atoms with Gasteiger partial charge in [-0.3, -0.25) is 0 Å². The van der Waals surface area contributed by atoms with Gasteiger partial charge in [0.15, 0.2) is 0 Å². The highest BCUT2D eigenvalue weighted by Crippen LogP contribution is 2.35. The summed E-state index contributed by atoms with van der Waals surface area (Å²) in [5, 5.41) is 1.26. The lowest BCUT2D eigenvalue weighted by atomic mass is 10.0. The predicted octanol–water partition coefficient (Wildman–Crippen LogP) is 4.68. The van der Waals surface area contributed by atoms with Crippen LogP contribution in [0, 0.1) is 0 Å². The molecule has 0 amide bonds. The summed E-state index contributed by atoms with van der Waals surface area (Å²) in [6.07, 6.45) is 4.20. The molecule has 1 aromatic rings. The normalized spacial score (nSPS) is 11.4. The summed E-state index contributed by atoms with van der Waals surface area (Å²) in [4.78, 5) is 0. The third kappa shape index (κ3) is 2.60. The van der Waals surface area contributed by atoms with Crippen LogP contribution in [-0.2, 0) is 6.42 Å². The minimum Gasteiger partial charge on any atom is -0.495 e. The van der Waals surface area contributed by atoms with Crippen molar-refractivity contribution in [2.45, 2.75) is 13.3 Å². The number of halogens is 2. The van der Waals surface area contributed by atoms with E-state index in [1.165, 1.54) is 0 Å². The van der Waals surface area contributed by atoms with Crippen LogP contribution < -0.4 is 4.74 Å². The van der Waals surface area contributed by atoms with E-state index in [1.54, 1.807) is 19.3 Å². The SMILES string of the molecule is C=C/C=C(/Cl)c1ccc(OC)c(Cl)c1CC. The van der Waals surface area contributed by atoms with Crippen LogP contribution in [0.15, 0.2) is 30.9 Å². The van der Waals surface area contributed by atoms with Crippen LogP contribution in [0.4, 0.5) is 0 Å². The quantitative estimate of drug-likeness (QED) is 0.712. The molecule has 0 bridgehead atoms. The molecule has 3 heteroatoms. The van der Waals surface area contributed by atoms with E-state index in [4.69, 9.17) is 27.9 Å². The Morgan fingerprint density at radius 2 is 2.19 bits per heavy atom. The van der Waals surface area contributed by atoms with Gasteiger partial charge in [-0.25, -0.2) is 0 Å². The smallest absolute Gasteiger partial charge is 0.137 e. The molecule has 0 saturated carbocycles. The minimum absolute atomic E-state index is 0.623. The molecule has 0 atom stereocenters. The molecular formula is C13H14Cl2O. The Labute approximate surface area is 106 Å². The Morgan fingerprint density at radius 1 is 1.50 bits per heavy atom. The van der Waals surface area contributed by atoms with E-state index in [9.17, 15) is 0 Å². The Bertz CT molecular complexity index is 422. The number of hydrogen-bond donors (Lipinski definition) is 0. The number of rotatable bonds is 4. The van der Waals surface area contributed by atoms with Crippen LogP contribution in [0.2, 0.25) is 5.02 Å². The second kappa shape index (κ2) is 5.97. The van der Waals surface area contributed by atoms with Crippen molar-refractivity contribution in [3.8, 4) is 5.75 Å². The topological polar surface area (TPSA) is 9.23 Å². The second-order valence-corrected chi connectivity index (χ2v) is 4.00. The first-order valence-corrected chi connectivity index (χ1v) is 5.75. The van der Waals surface area contributed by atoms with E-state index in [2.05, 4.69) is 6.58 Å². The number of ether oxygens (including phenoxy) is 1. The first-order chi connectivity index (χ1) is 7.65. The van der Waals surface area contributed by atoms with Gasteiger partial charge in [0.2, 0.25) is 0 Å². The second-order valence-electron chi connectivity index (χ2n) is 3.21. The van der Waals surface area contributed by atoms with Gasteiger partial charge in [0.1, 0.15) is 5.75 Å². The monoisotopic (exact) mass is 256 g/mol. The van der Waals surface area contributed by atoms with Crippen LogP contribution in [0.1, 0.15) is 18.1 Å². The van der Waals surface area contributed by atoms with Gasteiger partial charge in [0.05, 0.1) is 12.1 Å². The van der Waals surface area contributed by atoms with Gasteiger partial charge in [0.25, 0.3) is 0 Å². The van der Waals surface area contributed by atoms with E-state index < -0.39 is 0 Å². The van der Waals surface area contributed by atoms with E-state index in [0.29, 0.717) is 15.8 Å². The van der Waals surface area contributed by atoms with Crippen LogP contribution in [-0.4, -0.2) is 7.11 Å². The van der Waals surface area contributed by atoms with Crippen molar-refractivity contribution in [1.82, 2.24) is 0 Å². The van der Waals surface area contributed by atoms with Crippen LogP contribution in [0.3, 0.4) is 0 Å². The van der Waals surface area contributed by atoms with Gasteiger partial charge in [-0.05, 0) is 35.8 Å². The molecule has 1 rings (SSSR count). The van der Waals surface area contributed by atoms with Crippen molar-refractivity contribution in [3.63, 3.8) is 0 Å². The molecular weight excluding hydrogens is 243 g/mol. The Balaban J connectivity index is 3.36. The number of allylic oxidation sites excluding steroid dienone is 2. The molecule has 1 nitrogen and oxygen atoms in total. The van der Waals surface area contributed by atoms with Gasteiger partial charge >= 0.3 is 0 Å². The molecule has 0 fully saturated rings. The maximum absolute atomic E-state index is 6.22. The standard InChI is InChI=1S/C13H14Cl2O/c1-4-6-11(14)10-7-8-12(16-3)13(15)9(10)5-2/h4,6-8H,1,5H2,2-3H3/b11-6+. The van der Waals surface area contributed by atoms with Gasteiger partial charge in [-0.15, -0.1) is 0 Å². The highest BCUT2D eigenvalue weighted by atomic mass is 35.5. The lowest BCUT2D eigenvalue weighted by molar-refractivity contribution is 0.414. The maximum atomic E-state index is 6.22. The highest BCUT2D eigenvalue weighted by Gasteiger charge is 2.12. The molecule has 0 aromatic heterocycles. The number of methoxy groups -OCH3 is 1.